The Bertz CT molecular complexity index is 630. The van der Waals surface area contributed by atoms with Crippen molar-refractivity contribution in [3.05, 3.63) is 23.9 Å². The fourth-order valence-corrected chi connectivity index (χ4v) is 2.12. The van der Waals surface area contributed by atoms with Crippen molar-refractivity contribution in [3.8, 4) is 0 Å². The summed E-state index contributed by atoms with van der Waals surface area (Å²) in [6.45, 7) is 2.12. The van der Waals surface area contributed by atoms with Crippen LogP contribution in [0.3, 0.4) is 0 Å². The van der Waals surface area contributed by atoms with Gasteiger partial charge in [-0.3, -0.25) is 14.7 Å². The summed E-state index contributed by atoms with van der Waals surface area (Å²) in [5, 5.41) is 8.07. The van der Waals surface area contributed by atoms with Crippen LogP contribution in [0.5, 0.6) is 0 Å². The molecule has 1 aliphatic rings. The van der Waals surface area contributed by atoms with Crippen molar-refractivity contribution in [3.63, 3.8) is 0 Å². The molecule has 0 aliphatic carbocycles. The predicted octanol–water partition coefficient (Wildman–Crippen LogP) is 1.18. The van der Waals surface area contributed by atoms with Crippen LogP contribution in [0, 0.1) is 6.92 Å². The number of benzene rings is 1. The Balaban J connectivity index is 2.06. The van der Waals surface area contributed by atoms with Crippen LogP contribution in [0.1, 0.15) is 12.1 Å². The molecule has 1 aromatic carbocycles. The van der Waals surface area contributed by atoms with Crippen molar-refractivity contribution < 1.29 is 9.59 Å². The Morgan fingerprint density at radius 1 is 1.35 bits per heavy atom. The van der Waals surface area contributed by atoms with E-state index in [0.717, 1.165) is 22.3 Å². The molecular weight excluding hydrogens is 218 g/mol. The lowest BCUT2D eigenvalue weighted by Gasteiger charge is -2.14. The van der Waals surface area contributed by atoms with Gasteiger partial charge in [0.25, 0.3) is 0 Å². The number of H-pyrrole nitrogens is 1. The maximum absolute atomic E-state index is 11.6. The van der Waals surface area contributed by atoms with E-state index in [1.807, 2.05) is 25.1 Å². The summed E-state index contributed by atoms with van der Waals surface area (Å²) < 4.78 is 0. The first-order valence-corrected chi connectivity index (χ1v) is 5.42. The van der Waals surface area contributed by atoms with Gasteiger partial charge in [-0.05, 0) is 25.1 Å². The van der Waals surface area contributed by atoms with Gasteiger partial charge in [0, 0.05) is 16.8 Å². The number of aromatic nitrogens is 2. The molecule has 0 unspecified atom stereocenters. The van der Waals surface area contributed by atoms with E-state index in [1.54, 1.807) is 0 Å². The zero-order chi connectivity index (χ0) is 12.0. The van der Waals surface area contributed by atoms with Gasteiger partial charge in [-0.15, -0.1) is 0 Å². The Kier molecular flexibility index (Phi) is 2.01. The van der Waals surface area contributed by atoms with Crippen LogP contribution in [0.2, 0.25) is 0 Å². The number of hydrogen-bond acceptors (Lipinski definition) is 3. The number of fused-ring (bicyclic) bond motifs is 1. The van der Waals surface area contributed by atoms with E-state index in [9.17, 15) is 9.59 Å². The average Bonchev–Trinajstić information content (AvgIpc) is 2.82. The van der Waals surface area contributed by atoms with Crippen LogP contribution in [0.25, 0.3) is 10.9 Å². The number of anilines is 1. The number of nitrogens with zero attached hydrogens (tertiary/aromatic N) is 2. The molecule has 1 aromatic heterocycles. The lowest BCUT2D eigenvalue weighted by atomic mass is 10.2. The van der Waals surface area contributed by atoms with Crippen LogP contribution in [-0.2, 0) is 9.59 Å². The molecule has 2 aromatic rings. The highest BCUT2D eigenvalue weighted by atomic mass is 16.2. The summed E-state index contributed by atoms with van der Waals surface area (Å²) in [5.74, 6) is -0.171. The Morgan fingerprint density at radius 2 is 2.18 bits per heavy atom. The van der Waals surface area contributed by atoms with Gasteiger partial charge in [0.15, 0.2) is 5.78 Å². The van der Waals surface area contributed by atoms with Gasteiger partial charge in [-0.25, -0.2) is 0 Å². The highest BCUT2D eigenvalue weighted by molar-refractivity contribution is 6.15. The second-order valence-corrected chi connectivity index (χ2v) is 4.25. The minimum Gasteiger partial charge on any atom is -0.305 e. The number of carbonyl (C=O) groups is 2. The Labute approximate surface area is 97.4 Å². The third-order valence-corrected chi connectivity index (χ3v) is 3.02. The number of rotatable bonds is 1. The van der Waals surface area contributed by atoms with Crippen molar-refractivity contribution in [2.75, 3.05) is 11.4 Å². The minimum absolute atomic E-state index is 0.0115. The Morgan fingerprint density at radius 3 is 2.88 bits per heavy atom. The molecular formula is C12H11N3O2. The molecule has 86 valence electrons. The van der Waals surface area contributed by atoms with Gasteiger partial charge in [0.2, 0.25) is 5.91 Å². The fraction of sp³-hybridized carbons (Fsp3) is 0.250. The molecule has 3 rings (SSSR count). The van der Waals surface area contributed by atoms with Crippen molar-refractivity contribution in [2.45, 2.75) is 13.3 Å². The number of carbonyl (C=O) groups excluding carboxylic acids is 2. The topological polar surface area (TPSA) is 66.1 Å². The highest BCUT2D eigenvalue weighted by Gasteiger charge is 2.28. The van der Waals surface area contributed by atoms with E-state index < -0.39 is 0 Å². The van der Waals surface area contributed by atoms with E-state index >= 15 is 0 Å². The molecule has 0 spiro atoms. The van der Waals surface area contributed by atoms with Gasteiger partial charge in [-0.1, -0.05) is 0 Å². The van der Waals surface area contributed by atoms with E-state index in [0.29, 0.717) is 0 Å². The van der Waals surface area contributed by atoms with Crippen LogP contribution >= 0.6 is 0 Å². The molecule has 5 nitrogen and oxygen atoms in total. The molecule has 1 amide bonds. The van der Waals surface area contributed by atoms with Crippen molar-refractivity contribution >= 4 is 28.3 Å². The number of Topliss-reactive ketones (excluding diaryl/α,β-unsaturated/α-hetero) is 1. The summed E-state index contributed by atoms with van der Waals surface area (Å²) in [4.78, 5) is 24.3. The molecule has 0 saturated carbocycles. The van der Waals surface area contributed by atoms with Gasteiger partial charge < -0.3 is 4.90 Å². The number of ketones is 1. The number of nitrogens with one attached hydrogen (secondary N) is 1. The summed E-state index contributed by atoms with van der Waals surface area (Å²) in [6, 6.07) is 5.59. The first-order chi connectivity index (χ1) is 8.15. The fourth-order valence-electron chi connectivity index (χ4n) is 2.12. The van der Waals surface area contributed by atoms with Gasteiger partial charge >= 0.3 is 0 Å². The first kappa shape index (κ1) is 10.0. The molecule has 1 N–H and O–H groups in total. The molecule has 1 aliphatic heterocycles. The number of aromatic amines is 1. The second-order valence-electron chi connectivity index (χ2n) is 4.25. The quantitative estimate of drug-likeness (QED) is 0.746. The number of amides is 1. The monoisotopic (exact) mass is 229 g/mol. The molecule has 0 bridgehead atoms. The zero-order valence-corrected chi connectivity index (χ0v) is 9.36. The van der Waals surface area contributed by atoms with Crippen LogP contribution in [-0.4, -0.2) is 28.4 Å². The third kappa shape index (κ3) is 1.51. The largest absolute Gasteiger partial charge is 0.305 e. The molecule has 2 heterocycles. The molecule has 5 heteroatoms. The number of aryl methyl sites for hydroxylation is 1. The van der Waals surface area contributed by atoms with E-state index in [4.69, 9.17) is 0 Å². The molecule has 1 saturated heterocycles. The first-order valence-electron chi connectivity index (χ1n) is 5.42. The van der Waals surface area contributed by atoms with Gasteiger partial charge in [0.05, 0.1) is 18.5 Å². The van der Waals surface area contributed by atoms with E-state index in [-0.39, 0.29) is 24.7 Å². The minimum atomic E-state index is -0.137. The summed E-state index contributed by atoms with van der Waals surface area (Å²) in [6.07, 6.45) is 0.0115. The SMILES string of the molecule is Cc1[nH]nc2cc(N3CC(=O)CC3=O)ccc12. The normalized spacial score (nSPS) is 16.2. The molecule has 0 atom stereocenters. The van der Waals surface area contributed by atoms with Crippen molar-refractivity contribution in [2.24, 2.45) is 0 Å². The molecule has 17 heavy (non-hydrogen) atoms. The third-order valence-electron chi connectivity index (χ3n) is 3.02. The maximum atomic E-state index is 11.6. The van der Waals surface area contributed by atoms with Gasteiger partial charge in [0.1, 0.15) is 0 Å². The van der Waals surface area contributed by atoms with Crippen LogP contribution in [0.4, 0.5) is 5.69 Å². The predicted molar refractivity (Wildman–Crippen MR) is 62.8 cm³/mol. The maximum Gasteiger partial charge on any atom is 0.234 e. The second kappa shape index (κ2) is 3.41. The van der Waals surface area contributed by atoms with Gasteiger partial charge in [-0.2, -0.15) is 5.10 Å². The molecule has 1 fully saturated rings. The number of hydrogen-bond donors (Lipinski definition) is 1. The van der Waals surface area contributed by atoms with Crippen LogP contribution < -0.4 is 4.90 Å². The Hall–Kier alpha value is -2.17. The lowest BCUT2D eigenvalue weighted by molar-refractivity contribution is -0.121. The lowest BCUT2D eigenvalue weighted by Crippen LogP contribution is -2.24. The summed E-state index contributed by atoms with van der Waals surface area (Å²) in [5.41, 5.74) is 2.54. The smallest absolute Gasteiger partial charge is 0.234 e. The molecule has 0 radical (unpaired) electrons. The highest BCUT2D eigenvalue weighted by Crippen LogP contribution is 2.25. The standard InChI is InChI=1S/C12H11N3O2/c1-7-10-3-2-8(4-11(10)14-13-7)15-6-9(16)5-12(15)17/h2-4H,5-6H2,1H3,(H,13,14). The van der Waals surface area contributed by atoms with Crippen LogP contribution in [0.15, 0.2) is 18.2 Å². The zero-order valence-electron chi connectivity index (χ0n) is 9.36. The van der Waals surface area contributed by atoms with Crippen molar-refractivity contribution in [1.29, 1.82) is 0 Å². The van der Waals surface area contributed by atoms with E-state index in [2.05, 4.69) is 10.2 Å². The summed E-state index contributed by atoms with van der Waals surface area (Å²) >= 11 is 0. The average molecular weight is 229 g/mol. The van der Waals surface area contributed by atoms with Crippen molar-refractivity contribution in [1.82, 2.24) is 10.2 Å². The van der Waals surface area contributed by atoms with E-state index in [1.165, 1.54) is 4.90 Å². The summed E-state index contributed by atoms with van der Waals surface area (Å²) in [7, 11) is 0.